The van der Waals surface area contributed by atoms with Gasteiger partial charge in [0.15, 0.2) is 0 Å². The highest BCUT2D eigenvalue weighted by Crippen LogP contribution is 2.43. The van der Waals surface area contributed by atoms with Crippen molar-refractivity contribution in [2.75, 3.05) is 4.43 Å². The van der Waals surface area contributed by atoms with Gasteiger partial charge in [0.25, 0.3) is 0 Å². The molecule has 0 unspecified atom stereocenters. The first-order valence-corrected chi connectivity index (χ1v) is 7.52. The van der Waals surface area contributed by atoms with Crippen LogP contribution < -0.4 is 0 Å². The summed E-state index contributed by atoms with van der Waals surface area (Å²) in [4.78, 5) is 4.41. The lowest BCUT2D eigenvalue weighted by molar-refractivity contribution is 0.145. The summed E-state index contributed by atoms with van der Waals surface area (Å²) in [7, 11) is 0. The number of thiocarbonyl (C=S) groups is 1. The van der Waals surface area contributed by atoms with Crippen LogP contribution in [-0.4, -0.2) is 15.1 Å². The monoisotopic (exact) mass is 337 g/mol. The maximum atomic E-state index is 4.75. The number of aliphatic imine (C=N–C) groups is 1. The highest BCUT2D eigenvalue weighted by molar-refractivity contribution is 14.1. The maximum Gasteiger partial charge on any atom is 0.0800 e. The molecule has 0 spiro atoms. The summed E-state index contributed by atoms with van der Waals surface area (Å²) in [6.45, 7) is 7.03. The van der Waals surface area contributed by atoms with Crippen molar-refractivity contribution in [1.29, 1.82) is 0 Å². The second kappa shape index (κ2) is 5.24. The minimum atomic E-state index is 0.115. The van der Waals surface area contributed by atoms with Crippen LogP contribution >= 0.6 is 34.8 Å². The number of nitrogens with zero attached hydrogens (tertiary/aromatic N) is 1. The first kappa shape index (κ1) is 13.6. The van der Waals surface area contributed by atoms with E-state index in [-0.39, 0.29) is 5.54 Å². The molecular formula is C12H20INS. The smallest absolute Gasteiger partial charge is 0.0800 e. The molecule has 0 atom stereocenters. The molecule has 1 aliphatic rings. The molecule has 0 aromatic carbocycles. The van der Waals surface area contributed by atoms with Gasteiger partial charge in [0.05, 0.1) is 10.7 Å². The maximum absolute atomic E-state index is 4.75. The van der Waals surface area contributed by atoms with E-state index in [0.717, 1.165) is 10.3 Å². The molecule has 0 aromatic rings. The van der Waals surface area contributed by atoms with Gasteiger partial charge in [0, 0.05) is 4.43 Å². The van der Waals surface area contributed by atoms with Crippen LogP contribution in [0.5, 0.6) is 0 Å². The topological polar surface area (TPSA) is 12.4 Å². The average Bonchev–Trinajstić information content (AvgIpc) is 2.17. The largest absolute Gasteiger partial charge is 0.225 e. The quantitative estimate of drug-likeness (QED) is 0.313. The standard InChI is InChI=1S/C12H20INS/c1-11(2,3)10-4-6-12(8-13,7-5-10)14-9-15/h10H,4-8H2,1-3H3. The predicted octanol–water partition coefficient (Wildman–Crippen LogP) is 4.50. The van der Waals surface area contributed by atoms with Crippen molar-refractivity contribution in [3.05, 3.63) is 0 Å². The summed E-state index contributed by atoms with van der Waals surface area (Å²) in [6.07, 6.45) is 4.93. The van der Waals surface area contributed by atoms with Gasteiger partial charge in [0.1, 0.15) is 0 Å². The summed E-state index contributed by atoms with van der Waals surface area (Å²) >= 11 is 7.18. The molecule has 0 N–H and O–H groups in total. The Labute approximate surface area is 112 Å². The van der Waals surface area contributed by atoms with Crippen molar-refractivity contribution in [2.24, 2.45) is 16.3 Å². The van der Waals surface area contributed by atoms with Gasteiger partial charge in [-0.2, -0.15) is 0 Å². The molecule has 86 valence electrons. The van der Waals surface area contributed by atoms with Crippen LogP contribution in [0.3, 0.4) is 0 Å². The highest BCUT2D eigenvalue weighted by Gasteiger charge is 2.37. The Bertz CT molecular complexity index is 255. The molecular weight excluding hydrogens is 317 g/mol. The summed E-state index contributed by atoms with van der Waals surface area (Å²) < 4.78 is 1.07. The van der Waals surface area contributed by atoms with E-state index < -0.39 is 0 Å². The molecule has 1 rings (SSSR count). The van der Waals surface area contributed by atoms with Gasteiger partial charge >= 0.3 is 0 Å². The molecule has 0 aromatic heterocycles. The Balaban J connectivity index is 2.65. The molecule has 0 aliphatic heterocycles. The molecule has 0 saturated heterocycles. The van der Waals surface area contributed by atoms with E-state index in [1.165, 1.54) is 25.7 Å². The highest BCUT2D eigenvalue weighted by atomic mass is 127. The van der Waals surface area contributed by atoms with Gasteiger partial charge in [-0.05, 0) is 49.2 Å². The molecule has 1 fully saturated rings. The van der Waals surface area contributed by atoms with Crippen molar-refractivity contribution < 1.29 is 0 Å². The van der Waals surface area contributed by atoms with Crippen LogP contribution in [0.1, 0.15) is 46.5 Å². The molecule has 0 amide bonds. The van der Waals surface area contributed by atoms with Gasteiger partial charge < -0.3 is 0 Å². The molecule has 1 aliphatic carbocycles. The molecule has 15 heavy (non-hydrogen) atoms. The predicted molar refractivity (Wildman–Crippen MR) is 78.1 cm³/mol. The van der Waals surface area contributed by atoms with Crippen LogP contribution in [0, 0.1) is 11.3 Å². The van der Waals surface area contributed by atoms with Crippen LogP contribution in [0.15, 0.2) is 4.99 Å². The fourth-order valence-corrected chi connectivity index (χ4v) is 3.52. The van der Waals surface area contributed by atoms with E-state index in [1.54, 1.807) is 0 Å². The Kier molecular flexibility index (Phi) is 4.75. The number of halogens is 1. The summed E-state index contributed by atoms with van der Waals surface area (Å²) in [6, 6.07) is 0. The van der Waals surface area contributed by atoms with Gasteiger partial charge in [-0.1, -0.05) is 43.4 Å². The Morgan fingerprint density at radius 2 is 1.93 bits per heavy atom. The lowest BCUT2D eigenvalue weighted by Crippen LogP contribution is -2.37. The van der Waals surface area contributed by atoms with Crippen molar-refractivity contribution in [3.63, 3.8) is 0 Å². The Morgan fingerprint density at radius 1 is 1.40 bits per heavy atom. The average molecular weight is 337 g/mol. The Morgan fingerprint density at radius 3 is 2.27 bits per heavy atom. The molecule has 3 heteroatoms. The van der Waals surface area contributed by atoms with Gasteiger partial charge in [-0.15, -0.1) is 0 Å². The summed E-state index contributed by atoms with van der Waals surface area (Å²) in [5.74, 6) is 0.842. The van der Waals surface area contributed by atoms with Crippen LogP contribution in [0.2, 0.25) is 0 Å². The fraction of sp³-hybridized carbons (Fsp3) is 0.917. The molecule has 1 nitrogen and oxygen atoms in total. The minimum absolute atomic E-state index is 0.115. The number of hydrogen-bond acceptors (Lipinski definition) is 2. The second-order valence-electron chi connectivity index (χ2n) is 5.70. The lowest BCUT2D eigenvalue weighted by Gasteiger charge is -2.40. The molecule has 0 bridgehead atoms. The SMILES string of the molecule is CC(C)(C)C1CCC(CI)(N=C=S)CC1. The zero-order valence-corrected chi connectivity index (χ0v) is 12.8. The minimum Gasteiger partial charge on any atom is -0.225 e. The van der Waals surface area contributed by atoms with Crippen LogP contribution in [-0.2, 0) is 0 Å². The van der Waals surface area contributed by atoms with Crippen molar-refractivity contribution in [3.8, 4) is 0 Å². The summed E-state index contributed by atoms with van der Waals surface area (Å²) in [5.41, 5.74) is 0.558. The third kappa shape index (κ3) is 3.50. The van der Waals surface area contributed by atoms with Crippen molar-refractivity contribution in [1.82, 2.24) is 0 Å². The number of rotatable bonds is 2. The molecule has 1 saturated carbocycles. The van der Waals surface area contributed by atoms with Gasteiger partial charge in [0.2, 0.25) is 0 Å². The van der Waals surface area contributed by atoms with Crippen molar-refractivity contribution in [2.45, 2.75) is 52.0 Å². The lowest BCUT2D eigenvalue weighted by atomic mass is 9.68. The van der Waals surface area contributed by atoms with Gasteiger partial charge in [-0.25, -0.2) is 4.99 Å². The first-order valence-electron chi connectivity index (χ1n) is 5.58. The van der Waals surface area contributed by atoms with Crippen LogP contribution in [0.25, 0.3) is 0 Å². The third-order valence-electron chi connectivity index (χ3n) is 3.67. The number of alkyl halides is 1. The van der Waals surface area contributed by atoms with E-state index in [0.29, 0.717) is 5.41 Å². The first-order chi connectivity index (χ1) is 6.93. The van der Waals surface area contributed by atoms with Gasteiger partial charge in [-0.3, -0.25) is 0 Å². The zero-order valence-electron chi connectivity index (χ0n) is 9.85. The second-order valence-corrected chi connectivity index (χ2v) is 6.65. The van der Waals surface area contributed by atoms with E-state index in [2.05, 4.69) is 53.5 Å². The number of hydrogen-bond donors (Lipinski definition) is 0. The zero-order chi connectivity index (χ0) is 11.5. The van der Waals surface area contributed by atoms with E-state index in [1.807, 2.05) is 0 Å². The van der Waals surface area contributed by atoms with Crippen molar-refractivity contribution >= 4 is 40.0 Å². The Hall–Kier alpha value is 0.530. The molecule has 0 heterocycles. The van der Waals surface area contributed by atoms with E-state index >= 15 is 0 Å². The van der Waals surface area contributed by atoms with Crippen LogP contribution in [0.4, 0.5) is 0 Å². The van der Waals surface area contributed by atoms with E-state index in [4.69, 9.17) is 12.2 Å². The summed E-state index contributed by atoms with van der Waals surface area (Å²) in [5, 5.41) is 2.59. The third-order valence-corrected chi connectivity index (χ3v) is 5.18. The fourth-order valence-electron chi connectivity index (χ4n) is 2.39. The number of isothiocyanates is 1. The normalized spacial score (nSPS) is 32.1. The molecule has 0 radical (unpaired) electrons. The van der Waals surface area contributed by atoms with E-state index in [9.17, 15) is 0 Å².